The molecule has 0 aliphatic carbocycles. The Kier molecular flexibility index (Phi) is 3.96. The van der Waals surface area contributed by atoms with Crippen molar-refractivity contribution in [3.63, 3.8) is 0 Å². The summed E-state index contributed by atoms with van der Waals surface area (Å²) in [5, 5.41) is 19.7. The van der Waals surface area contributed by atoms with E-state index < -0.39 is 0 Å². The van der Waals surface area contributed by atoms with E-state index in [1.165, 1.54) is 0 Å². The molecule has 0 bridgehead atoms. The monoisotopic (exact) mass is 270 g/mol. The van der Waals surface area contributed by atoms with E-state index in [0.29, 0.717) is 17.2 Å². The molecule has 0 aliphatic heterocycles. The van der Waals surface area contributed by atoms with Crippen molar-refractivity contribution in [3.8, 4) is 6.07 Å². The molecular weight excluding hydrogens is 256 g/mol. The number of nitrogens with two attached hydrogens (primary N) is 1. The summed E-state index contributed by atoms with van der Waals surface area (Å²) in [4.78, 5) is 4.36. The molecule has 102 valence electrons. The van der Waals surface area contributed by atoms with Gasteiger partial charge in [0.1, 0.15) is 11.6 Å². The van der Waals surface area contributed by atoms with Crippen molar-refractivity contribution in [1.82, 2.24) is 4.98 Å². The Bertz CT molecular complexity index is 709. The number of aryl methyl sites for hydroxylation is 1. The zero-order chi connectivity index (χ0) is 14.5. The Morgan fingerprint density at radius 3 is 3.05 bits per heavy atom. The van der Waals surface area contributed by atoms with Crippen LogP contribution in [0, 0.1) is 16.7 Å². The number of hydrogen-bond donors (Lipinski definition) is 3. The van der Waals surface area contributed by atoms with Gasteiger partial charge in [-0.25, -0.2) is 4.98 Å². The van der Waals surface area contributed by atoms with Gasteiger partial charge in [0, 0.05) is 6.42 Å². The van der Waals surface area contributed by atoms with Gasteiger partial charge in [0.25, 0.3) is 0 Å². The quantitative estimate of drug-likeness (QED) is 0.435. The summed E-state index contributed by atoms with van der Waals surface area (Å²) < 4.78 is 5.57. The lowest BCUT2D eigenvalue weighted by molar-refractivity contribution is 0.525. The Labute approximate surface area is 115 Å². The molecule has 2 rings (SSSR count). The standard InChI is InChI=1S/C13H14N6O/c1-2-3-12-17-9-6-8(4-5-11(9)20-12)18-19-10(7-14)13(15)16/h4-6,18H,2-3H2,1H3,(H3,15,16)/b19-10+. The lowest BCUT2D eigenvalue weighted by atomic mass is 10.3. The first-order valence-corrected chi connectivity index (χ1v) is 6.11. The summed E-state index contributed by atoms with van der Waals surface area (Å²) >= 11 is 0. The first-order chi connectivity index (χ1) is 9.63. The molecular formula is C13H14N6O. The molecule has 0 radical (unpaired) electrons. The maximum absolute atomic E-state index is 8.74. The zero-order valence-corrected chi connectivity index (χ0v) is 11.0. The van der Waals surface area contributed by atoms with Gasteiger partial charge in [0.05, 0.1) is 5.69 Å². The number of nitrogens with one attached hydrogen (secondary N) is 2. The summed E-state index contributed by atoms with van der Waals surface area (Å²) in [6.45, 7) is 2.06. The van der Waals surface area contributed by atoms with Crippen LogP contribution >= 0.6 is 0 Å². The van der Waals surface area contributed by atoms with Crippen LogP contribution < -0.4 is 11.2 Å². The first-order valence-electron chi connectivity index (χ1n) is 6.11. The molecule has 7 heteroatoms. The lowest BCUT2D eigenvalue weighted by Gasteiger charge is -2.00. The summed E-state index contributed by atoms with van der Waals surface area (Å²) in [5.41, 5.74) is 9.77. The Morgan fingerprint density at radius 1 is 1.60 bits per heavy atom. The van der Waals surface area contributed by atoms with Gasteiger partial charge in [0.15, 0.2) is 17.3 Å². The number of aromatic nitrogens is 1. The molecule has 4 N–H and O–H groups in total. The van der Waals surface area contributed by atoms with Crippen molar-refractivity contribution in [2.24, 2.45) is 10.8 Å². The fourth-order valence-electron chi connectivity index (χ4n) is 1.63. The summed E-state index contributed by atoms with van der Waals surface area (Å²) in [6, 6.07) is 7.02. The van der Waals surface area contributed by atoms with E-state index in [0.717, 1.165) is 18.4 Å². The van der Waals surface area contributed by atoms with Gasteiger partial charge in [0.2, 0.25) is 5.71 Å². The maximum atomic E-state index is 8.74. The second-order valence-electron chi connectivity index (χ2n) is 4.14. The van der Waals surface area contributed by atoms with Gasteiger partial charge in [-0.05, 0) is 24.6 Å². The Hall–Kier alpha value is -2.88. The number of fused-ring (bicyclic) bond motifs is 1. The fourth-order valence-corrected chi connectivity index (χ4v) is 1.63. The van der Waals surface area contributed by atoms with Crippen LogP contribution in [0.5, 0.6) is 0 Å². The van der Waals surface area contributed by atoms with Crippen LogP contribution in [0.4, 0.5) is 5.69 Å². The molecule has 0 saturated carbocycles. The molecule has 1 aromatic carbocycles. The number of amidine groups is 1. The van der Waals surface area contributed by atoms with Crippen LogP contribution in [0.3, 0.4) is 0 Å². The summed E-state index contributed by atoms with van der Waals surface area (Å²) in [5.74, 6) is 0.317. The zero-order valence-electron chi connectivity index (χ0n) is 11.0. The molecule has 2 aromatic rings. The first kappa shape index (κ1) is 13.5. The molecule has 20 heavy (non-hydrogen) atoms. The number of rotatable bonds is 5. The second-order valence-corrected chi connectivity index (χ2v) is 4.14. The van der Waals surface area contributed by atoms with E-state index in [2.05, 4.69) is 22.4 Å². The van der Waals surface area contributed by atoms with Gasteiger partial charge < -0.3 is 10.2 Å². The van der Waals surface area contributed by atoms with Gasteiger partial charge in [-0.3, -0.25) is 10.8 Å². The number of oxazole rings is 1. The van der Waals surface area contributed by atoms with Gasteiger partial charge in [-0.1, -0.05) is 6.92 Å². The lowest BCUT2D eigenvalue weighted by Crippen LogP contribution is -2.21. The van der Waals surface area contributed by atoms with E-state index in [1.54, 1.807) is 24.3 Å². The maximum Gasteiger partial charge on any atom is 0.201 e. The molecule has 0 spiro atoms. The number of hydrogen-bond acceptors (Lipinski definition) is 6. The molecule has 0 aliphatic rings. The van der Waals surface area contributed by atoms with Crippen LogP contribution in [0.1, 0.15) is 19.2 Å². The third kappa shape index (κ3) is 2.92. The van der Waals surface area contributed by atoms with Crippen molar-refractivity contribution < 1.29 is 4.42 Å². The Balaban J connectivity index is 2.24. The van der Waals surface area contributed by atoms with Gasteiger partial charge >= 0.3 is 0 Å². The number of nitrogens with zero attached hydrogens (tertiary/aromatic N) is 3. The molecule has 1 aromatic heterocycles. The van der Waals surface area contributed by atoms with E-state index in [1.807, 2.05) is 0 Å². The predicted octanol–water partition coefficient (Wildman–Crippen LogP) is 2.01. The van der Waals surface area contributed by atoms with Crippen molar-refractivity contribution in [2.45, 2.75) is 19.8 Å². The highest BCUT2D eigenvalue weighted by Crippen LogP contribution is 2.20. The third-order valence-electron chi connectivity index (χ3n) is 2.55. The molecule has 0 atom stereocenters. The average molecular weight is 270 g/mol. The fraction of sp³-hybridized carbons (Fsp3) is 0.231. The van der Waals surface area contributed by atoms with Crippen molar-refractivity contribution in [2.75, 3.05) is 5.43 Å². The number of anilines is 1. The van der Waals surface area contributed by atoms with Crippen molar-refractivity contribution >= 4 is 28.3 Å². The molecule has 0 saturated heterocycles. The van der Waals surface area contributed by atoms with Gasteiger partial charge in [-0.15, -0.1) is 0 Å². The molecule has 7 nitrogen and oxygen atoms in total. The number of hydrazone groups is 1. The van der Waals surface area contributed by atoms with E-state index >= 15 is 0 Å². The number of nitriles is 1. The molecule has 0 amide bonds. The van der Waals surface area contributed by atoms with E-state index in [4.69, 9.17) is 20.8 Å². The predicted molar refractivity (Wildman–Crippen MR) is 76.6 cm³/mol. The molecule has 1 heterocycles. The average Bonchev–Trinajstić information content (AvgIpc) is 2.81. The minimum atomic E-state index is -0.382. The van der Waals surface area contributed by atoms with E-state index in [-0.39, 0.29) is 11.5 Å². The van der Waals surface area contributed by atoms with Crippen LogP contribution in [-0.2, 0) is 6.42 Å². The highest BCUT2D eigenvalue weighted by Gasteiger charge is 2.06. The van der Waals surface area contributed by atoms with Crippen LogP contribution in [0.25, 0.3) is 11.1 Å². The third-order valence-corrected chi connectivity index (χ3v) is 2.55. The minimum absolute atomic E-state index is 0.170. The van der Waals surface area contributed by atoms with Crippen molar-refractivity contribution in [3.05, 3.63) is 24.1 Å². The van der Waals surface area contributed by atoms with Crippen molar-refractivity contribution in [1.29, 1.82) is 10.7 Å². The van der Waals surface area contributed by atoms with E-state index in [9.17, 15) is 0 Å². The number of benzene rings is 1. The minimum Gasteiger partial charge on any atom is -0.441 e. The Morgan fingerprint density at radius 2 is 2.40 bits per heavy atom. The SMILES string of the molecule is CCCc1nc2cc(N/N=C(\C#N)C(=N)N)ccc2o1. The smallest absolute Gasteiger partial charge is 0.201 e. The van der Waals surface area contributed by atoms with Crippen LogP contribution in [-0.4, -0.2) is 16.5 Å². The highest BCUT2D eigenvalue weighted by molar-refractivity contribution is 6.45. The summed E-state index contributed by atoms with van der Waals surface area (Å²) in [6.07, 6.45) is 1.75. The highest BCUT2D eigenvalue weighted by atomic mass is 16.3. The van der Waals surface area contributed by atoms with Crippen LogP contribution in [0.2, 0.25) is 0 Å². The second kappa shape index (κ2) is 5.84. The largest absolute Gasteiger partial charge is 0.441 e. The summed E-state index contributed by atoms with van der Waals surface area (Å²) in [7, 11) is 0. The van der Waals surface area contributed by atoms with Gasteiger partial charge in [-0.2, -0.15) is 10.4 Å². The molecule has 0 unspecified atom stereocenters. The van der Waals surface area contributed by atoms with Crippen LogP contribution in [0.15, 0.2) is 27.7 Å². The molecule has 0 fully saturated rings. The topological polar surface area (TPSA) is 124 Å². The normalized spacial score (nSPS) is 11.3.